The SMILES string of the molecule is C[C@H](N)c1ccc(Br)cc1OCC1CC1. The van der Waals surface area contributed by atoms with Crippen LogP contribution in [-0.4, -0.2) is 6.61 Å². The van der Waals surface area contributed by atoms with Crippen LogP contribution in [0.15, 0.2) is 22.7 Å². The lowest BCUT2D eigenvalue weighted by atomic mass is 10.1. The third-order valence-electron chi connectivity index (χ3n) is 2.64. The summed E-state index contributed by atoms with van der Waals surface area (Å²) in [7, 11) is 0. The highest BCUT2D eigenvalue weighted by atomic mass is 79.9. The molecule has 1 aliphatic rings. The maximum Gasteiger partial charge on any atom is 0.125 e. The van der Waals surface area contributed by atoms with Crippen LogP contribution in [0.25, 0.3) is 0 Å². The summed E-state index contributed by atoms with van der Waals surface area (Å²) in [4.78, 5) is 0. The first-order chi connectivity index (χ1) is 7.16. The molecule has 0 aromatic heterocycles. The lowest BCUT2D eigenvalue weighted by Gasteiger charge is -2.14. The summed E-state index contributed by atoms with van der Waals surface area (Å²) in [6.45, 7) is 2.81. The zero-order valence-corrected chi connectivity index (χ0v) is 10.5. The van der Waals surface area contributed by atoms with Gasteiger partial charge in [0.2, 0.25) is 0 Å². The van der Waals surface area contributed by atoms with E-state index in [2.05, 4.69) is 15.9 Å². The number of ether oxygens (including phenoxy) is 1. The minimum absolute atomic E-state index is 0.0207. The fraction of sp³-hybridized carbons (Fsp3) is 0.500. The quantitative estimate of drug-likeness (QED) is 0.911. The number of benzene rings is 1. The molecule has 0 amide bonds. The first-order valence-corrected chi connectivity index (χ1v) is 6.14. The zero-order valence-electron chi connectivity index (χ0n) is 8.87. The molecule has 0 aliphatic heterocycles. The van der Waals surface area contributed by atoms with Crippen LogP contribution < -0.4 is 10.5 Å². The molecule has 0 unspecified atom stereocenters. The van der Waals surface area contributed by atoms with Crippen LogP contribution in [0.5, 0.6) is 5.75 Å². The Morgan fingerprint density at radius 1 is 1.53 bits per heavy atom. The van der Waals surface area contributed by atoms with Crippen molar-refractivity contribution < 1.29 is 4.74 Å². The van der Waals surface area contributed by atoms with Gasteiger partial charge in [-0.25, -0.2) is 0 Å². The topological polar surface area (TPSA) is 35.2 Å². The van der Waals surface area contributed by atoms with Crippen LogP contribution >= 0.6 is 15.9 Å². The van der Waals surface area contributed by atoms with Crippen molar-refractivity contribution in [1.82, 2.24) is 0 Å². The molecule has 82 valence electrons. The summed E-state index contributed by atoms with van der Waals surface area (Å²) in [5.74, 6) is 1.69. The minimum Gasteiger partial charge on any atom is -0.493 e. The Labute approximate surface area is 98.9 Å². The van der Waals surface area contributed by atoms with Gasteiger partial charge in [-0.2, -0.15) is 0 Å². The molecule has 2 nitrogen and oxygen atoms in total. The smallest absolute Gasteiger partial charge is 0.125 e. The van der Waals surface area contributed by atoms with Crippen molar-refractivity contribution in [3.63, 3.8) is 0 Å². The van der Waals surface area contributed by atoms with Crippen molar-refractivity contribution in [1.29, 1.82) is 0 Å². The largest absolute Gasteiger partial charge is 0.493 e. The van der Waals surface area contributed by atoms with Gasteiger partial charge in [-0.3, -0.25) is 0 Å². The van der Waals surface area contributed by atoms with Gasteiger partial charge in [-0.05, 0) is 37.8 Å². The van der Waals surface area contributed by atoms with E-state index in [1.54, 1.807) is 0 Å². The molecular weight excluding hydrogens is 254 g/mol. The van der Waals surface area contributed by atoms with E-state index in [1.165, 1.54) is 12.8 Å². The van der Waals surface area contributed by atoms with Crippen molar-refractivity contribution in [2.24, 2.45) is 11.7 Å². The van der Waals surface area contributed by atoms with Crippen molar-refractivity contribution in [3.05, 3.63) is 28.2 Å². The van der Waals surface area contributed by atoms with Gasteiger partial charge in [0.05, 0.1) is 6.61 Å². The predicted molar refractivity (Wildman–Crippen MR) is 65.0 cm³/mol. The monoisotopic (exact) mass is 269 g/mol. The molecule has 2 rings (SSSR count). The molecule has 15 heavy (non-hydrogen) atoms. The first-order valence-electron chi connectivity index (χ1n) is 5.34. The number of hydrogen-bond acceptors (Lipinski definition) is 2. The summed E-state index contributed by atoms with van der Waals surface area (Å²) in [5.41, 5.74) is 6.97. The van der Waals surface area contributed by atoms with E-state index in [0.29, 0.717) is 0 Å². The molecule has 0 spiro atoms. The van der Waals surface area contributed by atoms with Gasteiger partial charge >= 0.3 is 0 Å². The predicted octanol–water partition coefficient (Wildman–Crippen LogP) is 3.26. The molecule has 1 atom stereocenters. The Morgan fingerprint density at radius 3 is 2.87 bits per heavy atom. The highest BCUT2D eigenvalue weighted by Crippen LogP contribution is 2.32. The third kappa shape index (κ3) is 2.95. The van der Waals surface area contributed by atoms with Gasteiger partial charge in [0.1, 0.15) is 5.75 Å². The maximum atomic E-state index is 5.89. The van der Waals surface area contributed by atoms with E-state index in [9.17, 15) is 0 Å². The summed E-state index contributed by atoms with van der Waals surface area (Å²) >= 11 is 3.45. The van der Waals surface area contributed by atoms with Crippen LogP contribution in [-0.2, 0) is 0 Å². The fourth-order valence-corrected chi connectivity index (χ4v) is 1.84. The van der Waals surface area contributed by atoms with Crippen molar-refractivity contribution >= 4 is 15.9 Å². The second kappa shape index (κ2) is 4.54. The molecular formula is C12H16BrNO. The van der Waals surface area contributed by atoms with E-state index in [-0.39, 0.29) is 6.04 Å². The van der Waals surface area contributed by atoms with E-state index >= 15 is 0 Å². The molecule has 2 N–H and O–H groups in total. The third-order valence-corrected chi connectivity index (χ3v) is 3.13. The molecule has 0 heterocycles. The molecule has 0 saturated heterocycles. The van der Waals surface area contributed by atoms with Gasteiger partial charge in [-0.1, -0.05) is 22.0 Å². The van der Waals surface area contributed by atoms with Gasteiger partial charge in [-0.15, -0.1) is 0 Å². The molecule has 1 aliphatic carbocycles. The average Bonchev–Trinajstić information content (AvgIpc) is 2.97. The van der Waals surface area contributed by atoms with Gasteiger partial charge in [0.15, 0.2) is 0 Å². The van der Waals surface area contributed by atoms with E-state index < -0.39 is 0 Å². The molecule has 1 fully saturated rings. The summed E-state index contributed by atoms with van der Waals surface area (Å²) < 4.78 is 6.83. The van der Waals surface area contributed by atoms with Crippen molar-refractivity contribution in [3.8, 4) is 5.75 Å². The molecule has 3 heteroatoms. The summed E-state index contributed by atoms with van der Waals surface area (Å²) in [6.07, 6.45) is 2.61. The molecule has 1 saturated carbocycles. The molecule has 1 aromatic carbocycles. The fourth-order valence-electron chi connectivity index (χ4n) is 1.50. The lowest BCUT2D eigenvalue weighted by molar-refractivity contribution is 0.295. The average molecular weight is 270 g/mol. The first kappa shape index (κ1) is 11.0. The Balaban J connectivity index is 2.13. The van der Waals surface area contributed by atoms with Crippen LogP contribution in [0.2, 0.25) is 0 Å². The van der Waals surface area contributed by atoms with Crippen molar-refractivity contribution in [2.45, 2.75) is 25.8 Å². The Morgan fingerprint density at radius 2 is 2.27 bits per heavy atom. The Kier molecular flexibility index (Phi) is 3.32. The minimum atomic E-state index is 0.0207. The van der Waals surface area contributed by atoms with Crippen LogP contribution in [0, 0.1) is 5.92 Å². The molecule has 0 bridgehead atoms. The normalized spacial score (nSPS) is 17.5. The Bertz CT molecular complexity index is 347. The number of nitrogens with two attached hydrogens (primary N) is 1. The second-order valence-electron chi connectivity index (χ2n) is 4.23. The van der Waals surface area contributed by atoms with E-state index in [4.69, 9.17) is 10.5 Å². The van der Waals surface area contributed by atoms with Crippen molar-refractivity contribution in [2.75, 3.05) is 6.61 Å². The van der Waals surface area contributed by atoms with Crippen LogP contribution in [0.3, 0.4) is 0 Å². The van der Waals surface area contributed by atoms with E-state index in [0.717, 1.165) is 28.3 Å². The summed E-state index contributed by atoms with van der Waals surface area (Å²) in [6, 6.07) is 6.05. The maximum absolute atomic E-state index is 5.89. The number of hydrogen-bond donors (Lipinski definition) is 1. The van der Waals surface area contributed by atoms with Crippen LogP contribution in [0.1, 0.15) is 31.4 Å². The second-order valence-corrected chi connectivity index (χ2v) is 5.14. The number of halogens is 1. The molecule has 0 radical (unpaired) electrons. The van der Waals surface area contributed by atoms with Gasteiger partial charge < -0.3 is 10.5 Å². The Hall–Kier alpha value is -0.540. The standard InChI is InChI=1S/C12H16BrNO/c1-8(14)11-5-4-10(13)6-12(11)15-7-9-2-3-9/h4-6,8-9H,2-3,7,14H2,1H3/t8-/m0/s1. The summed E-state index contributed by atoms with van der Waals surface area (Å²) in [5, 5.41) is 0. The number of rotatable bonds is 4. The highest BCUT2D eigenvalue weighted by Gasteiger charge is 2.22. The van der Waals surface area contributed by atoms with Crippen LogP contribution in [0.4, 0.5) is 0 Å². The van der Waals surface area contributed by atoms with Gasteiger partial charge in [0, 0.05) is 16.1 Å². The highest BCUT2D eigenvalue weighted by molar-refractivity contribution is 9.10. The lowest BCUT2D eigenvalue weighted by Crippen LogP contribution is -2.09. The van der Waals surface area contributed by atoms with E-state index in [1.807, 2.05) is 25.1 Å². The zero-order chi connectivity index (χ0) is 10.8. The molecule has 1 aromatic rings. The van der Waals surface area contributed by atoms with Gasteiger partial charge in [0.25, 0.3) is 0 Å².